The maximum Gasteiger partial charge on any atom is 0.119 e. The number of likely N-dealkylation sites (N-methyl/N-ethyl adjacent to an activating group) is 1. The highest BCUT2D eigenvalue weighted by Gasteiger charge is 1.97. The van der Waals surface area contributed by atoms with Gasteiger partial charge < -0.3 is 19.9 Å². The summed E-state index contributed by atoms with van der Waals surface area (Å²) in [6.45, 7) is 2.46. The average Bonchev–Trinajstić information content (AvgIpc) is 2.90. The second kappa shape index (κ2) is 6.85. The van der Waals surface area contributed by atoms with E-state index in [-0.39, 0.29) is 0 Å². The molecule has 0 aliphatic carbocycles. The molecule has 0 aliphatic heterocycles. The van der Waals surface area contributed by atoms with Gasteiger partial charge in [-0.1, -0.05) is 0 Å². The second-order valence-electron chi connectivity index (χ2n) is 4.75. The van der Waals surface area contributed by atoms with Gasteiger partial charge in [0.25, 0.3) is 0 Å². The second-order valence-corrected chi connectivity index (χ2v) is 4.75. The van der Waals surface area contributed by atoms with E-state index in [2.05, 4.69) is 21.3 Å². The molecule has 102 valence electrons. The average molecular weight is 259 g/mol. The summed E-state index contributed by atoms with van der Waals surface area (Å²) in [7, 11) is 4.08. The number of benzene rings is 1. The number of aromatic nitrogens is 1. The molecule has 2 N–H and O–H groups in total. The number of hydrogen-bond acceptors (Lipinski definition) is 3. The molecule has 2 rings (SSSR count). The highest BCUT2D eigenvalue weighted by atomic mass is 16.5. The van der Waals surface area contributed by atoms with Crippen molar-refractivity contribution in [2.45, 2.75) is 6.54 Å². The van der Waals surface area contributed by atoms with Crippen molar-refractivity contribution in [2.24, 2.45) is 0 Å². The van der Waals surface area contributed by atoms with Crippen molar-refractivity contribution >= 4 is 5.69 Å². The fourth-order valence-corrected chi connectivity index (χ4v) is 1.69. The van der Waals surface area contributed by atoms with Crippen LogP contribution < -0.4 is 10.1 Å². The van der Waals surface area contributed by atoms with Crippen LogP contribution in [0.2, 0.25) is 0 Å². The van der Waals surface area contributed by atoms with Gasteiger partial charge in [0.1, 0.15) is 12.4 Å². The lowest BCUT2D eigenvalue weighted by Crippen LogP contribution is -2.19. The number of rotatable bonds is 7. The van der Waals surface area contributed by atoms with E-state index < -0.39 is 0 Å². The Hall–Kier alpha value is -1.94. The lowest BCUT2D eigenvalue weighted by atomic mass is 10.3. The Morgan fingerprint density at radius 1 is 1.16 bits per heavy atom. The van der Waals surface area contributed by atoms with Crippen molar-refractivity contribution in [3.63, 3.8) is 0 Å². The third-order valence-corrected chi connectivity index (χ3v) is 2.82. The molecule has 0 saturated heterocycles. The van der Waals surface area contributed by atoms with E-state index in [1.165, 1.54) is 5.56 Å². The summed E-state index contributed by atoms with van der Waals surface area (Å²) in [5.41, 5.74) is 2.34. The van der Waals surface area contributed by atoms with Gasteiger partial charge in [0.05, 0.1) is 0 Å². The molecule has 0 fully saturated rings. The molecule has 0 aliphatic rings. The maximum absolute atomic E-state index is 5.65. The zero-order valence-electron chi connectivity index (χ0n) is 11.5. The highest BCUT2D eigenvalue weighted by Crippen LogP contribution is 2.16. The Morgan fingerprint density at radius 2 is 1.95 bits per heavy atom. The SMILES string of the molecule is CN(C)CCOc1ccc(NCc2cc[nH]c2)cc1. The molecule has 0 spiro atoms. The zero-order chi connectivity index (χ0) is 13.5. The molecular formula is C15H21N3O. The Kier molecular flexibility index (Phi) is 4.86. The summed E-state index contributed by atoms with van der Waals surface area (Å²) in [4.78, 5) is 5.15. The minimum atomic E-state index is 0.711. The largest absolute Gasteiger partial charge is 0.492 e. The van der Waals surface area contributed by atoms with Gasteiger partial charge in [0.2, 0.25) is 0 Å². The van der Waals surface area contributed by atoms with Crippen LogP contribution in [0.5, 0.6) is 5.75 Å². The summed E-state index contributed by atoms with van der Waals surface area (Å²) in [5, 5.41) is 3.36. The van der Waals surface area contributed by atoms with Crippen LogP contribution in [0.15, 0.2) is 42.7 Å². The third kappa shape index (κ3) is 4.67. The fourth-order valence-electron chi connectivity index (χ4n) is 1.69. The Balaban J connectivity index is 1.77. The van der Waals surface area contributed by atoms with E-state index in [1.807, 2.05) is 50.8 Å². The predicted octanol–water partition coefficient (Wildman–Crippen LogP) is 2.57. The molecule has 0 saturated carbocycles. The van der Waals surface area contributed by atoms with Crippen molar-refractivity contribution in [2.75, 3.05) is 32.6 Å². The highest BCUT2D eigenvalue weighted by molar-refractivity contribution is 5.46. The minimum Gasteiger partial charge on any atom is -0.492 e. The normalized spacial score (nSPS) is 10.7. The van der Waals surface area contributed by atoms with Crippen molar-refractivity contribution in [3.8, 4) is 5.75 Å². The molecule has 0 radical (unpaired) electrons. The Labute approximate surface area is 114 Å². The lowest BCUT2D eigenvalue weighted by Gasteiger charge is -2.11. The van der Waals surface area contributed by atoms with Gasteiger partial charge in [0, 0.05) is 31.2 Å². The monoisotopic (exact) mass is 259 g/mol. The number of anilines is 1. The molecule has 0 atom stereocenters. The first-order valence-electron chi connectivity index (χ1n) is 6.47. The molecule has 19 heavy (non-hydrogen) atoms. The van der Waals surface area contributed by atoms with E-state index in [0.717, 1.165) is 24.5 Å². The molecule has 0 bridgehead atoms. The molecule has 1 aromatic heterocycles. The van der Waals surface area contributed by atoms with Crippen LogP contribution in [-0.4, -0.2) is 37.1 Å². The van der Waals surface area contributed by atoms with Crippen LogP contribution in [0.3, 0.4) is 0 Å². The topological polar surface area (TPSA) is 40.3 Å². The summed E-state index contributed by atoms with van der Waals surface area (Å²) in [6, 6.07) is 10.1. The van der Waals surface area contributed by atoms with Crippen molar-refractivity contribution in [1.29, 1.82) is 0 Å². The van der Waals surface area contributed by atoms with Gasteiger partial charge in [-0.2, -0.15) is 0 Å². The number of H-pyrrole nitrogens is 1. The molecule has 4 nitrogen and oxygen atoms in total. The van der Waals surface area contributed by atoms with Gasteiger partial charge in [-0.15, -0.1) is 0 Å². The Bertz CT molecular complexity index is 463. The van der Waals surface area contributed by atoms with Crippen LogP contribution >= 0.6 is 0 Å². The molecule has 4 heteroatoms. The Morgan fingerprint density at radius 3 is 2.58 bits per heavy atom. The van der Waals surface area contributed by atoms with Gasteiger partial charge in [-0.25, -0.2) is 0 Å². The summed E-state index contributed by atoms with van der Waals surface area (Å²) in [6.07, 6.45) is 3.92. The van der Waals surface area contributed by atoms with Gasteiger partial charge in [-0.05, 0) is 50.0 Å². The molecule has 1 heterocycles. The lowest BCUT2D eigenvalue weighted by molar-refractivity contribution is 0.261. The van der Waals surface area contributed by atoms with Gasteiger partial charge in [-0.3, -0.25) is 0 Å². The van der Waals surface area contributed by atoms with Crippen LogP contribution in [-0.2, 0) is 6.54 Å². The van der Waals surface area contributed by atoms with Gasteiger partial charge in [0.15, 0.2) is 0 Å². The third-order valence-electron chi connectivity index (χ3n) is 2.82. The molecular weight excluding hydrogens is 238 g/mol. The molecule has 0 amide bonds. The number of nitrogens with zero attached hydrogens (tertiary/aromatic N) is 1. The summed E-state index contributed by atoms with van der Waals surface area (Å²) < 4.78 is 5.65. The van der Waals surface area contributed by atoms with E-state index in [4.69, 9.17) is 4.74 Å². The van der Waals surface area contributed by atoms with Crippen molar-refractivity contribution in [1.82, 2.24) is 9.88 Å². The number of hydrogen-bond donors (Lipinski definition) is 2. The summed E-state index contributed by atoms with van der Waals surface area (Å²) in [5.74, 6) is 0.911. The van der Waals surface area contributed by atoms with Crippen molar-refractivity contribution in [3.05, 3.63) is 48.3 Å². The van der Waals surface area contributed by atoms with Crippen LogP contribution in [0.4, 0.5) is 5.69 Å². The first kappa shape index (κ1) is 13.5. The quantitative estimate of drug-likeness (QED) is 0.803. The van der Waals surface area contributed by atoms with Crippen LogP contribution in [0.1, 0.15) is 5.56 Å². The van der Waals surface area contributed by atoms with E-state index in [0.29, 0.717) is 6.61 Å². The first-order chi connectivity index (χ1) is 9.24. The number of aromatic amines is 1. The number of nitrogens with one attached hydrogen (secondary N) is 2. The van der Waals surface area contributed by atoms with Gasteiger partial charge >= 0.3 is 0 Å². The molecule has 2 aromatic rings. The van der Waals surface area contributed by atoms with Crippen LogP contribution in [0, 0.1) is 0 Å². The van der Waals surface area contributed by atoms with Crippen molar-refractivity contribution < 1.29 is 4.74 Å². The number of ether oxygens (including phenoxy) is 1. The predicted molar refractivity (Wildman–Crippen MR) is 78.6 cm³/mol. The smallest absolute Gasteiger partial charge is 0.119 e. The first-order valence-corrected chi connectivity index (χ1v) is 6.47. The van der Waals surface area contributed by atoms with Crippen LogP contribution in [0.25, 0.3) is 0 Å². The minimum absolute atomic E-state index is 0.711. The molecule has 0 unspecified atom stereocenters. The van der Waals surface area contributed by atoms with E-state index in [1.54, 1.807) is 0 Å². The fraction of sp³-hybridized carbons (Fsp3) is 0.333. The summed E-state index contributed by atoms with van der Waals surface area (Å²) >= 11 is 0. The molecule has 1 aromatic carbocycles. The zero-order valence-corrected chi connectivity index (χ0v) is 11.5. The maximum atomic E-state index is 5.65. The van der Waals surface area contributed by atoms with E-state index in [9.17, 15) is 0 Å². The standard InChI is InChI=1S/C15H21N3O/c1-18(2)9-10-19-15-5-3-14(4-6-15)17-12-13-7-8-16-11-13/h3-8,11,16-17H,9-10,12H2,1-2H3. The van der Waals surface area contributed by atoms with E-state index >= 15 is 0 Å².